The number of nitrogens with zero attached hydrogens (tertiary/aromatic N) is 1. The number of aliphatic hydroxyl groups is 1. The second-order valence-electron chi connectivity index (χ2n) is 6.46. The maximum atomic E-state index is 11.2. The number of amides is 1. The fourth-order valence-electron chi connectivity index (χ4n) is 2.52. The number of ether oxygens (including phenoxy) is 1. The molecule has 0 bridgehead atoms. The number of rotatable bonds is 4. The largest absolute Gasteiger partial charge is 0.465 e. The first-order chi connectivity index (χ1) is 10.1. The summed E-state index contributed by atoms with van der Waals surface area (Å²) in [6, 6.07) is 0. The summed E-state index contributed by atoms with van der Waals surface area (Å²) in [4.78, 5) is 22.3. The Morgan fingerprint density at radius 3 is 2.09 bits per heavy atom. The van der Waals surface area contributed by atoms with Gasteiger partial charge in [0.1, 0.15) is 0 Å². The highest BCUT2D eigenvalue weighted by atomic mass is 35.5. The van der Waals surface area contributed by atoms with Crippen LogP contribution in [0.4, 0.5) is 9.59 Å². The second kappa shape index (κ2) is 9.90. The van der Waals surface area contributed by atoms with Crippen LogP contribution in [0.5, 0.6) is 0 Å². The number of halogens is 1. The van der Waals surface area contributed by atoms with Crippen LogP contribution < -0.4 is 0 Å². The van der Waals surface area contributed by atoms with E-state index in [0.29, 0.717) is 25.0 Å². The molecule has 0 spiro atoms. The molecule has 6 nitrogen and oxygen atoms in total. The number of carbonyl (C=O) groups is 2. The van der Waals surface area contributed by atoms with Gasteiger partial charge in [-0.25, -0.2) is 9.59 Å². The van der Waals surface area contributed by atoms with E-state index in [1.807, 2.05) is 20.8 Å². The third kappa shape index (κ3) is 8.44. The minimum absolute atomic E-state index is 0.235. The lowest BCUT2D eigenvalue weighted by molar-refractivity contribution is 0.0883. The van der Waals surface area contributed by atoms with Crippen molar-refractivity contribution in [3.05, 3.63) is 0 Å². The van der Waals surface area contributed by atoms with Gasteiger partial charge in [0.05, 0.1) is 6.61 Å². The summed E-state index contributed by atoms with van der Waals surface area (Å²) in [6.45, 7) is 8.62. The molecule has 0 unspecified atom stereocenters. The molecule has 0 radical (unpaired) electrons. The van der Waals surface area contributed by atoms with Crippen LogP contribution in [0.3, 0.4) is 0 Å². The van der Waals surface area contributed by atoms with Crippen molar-refractivity contribution in [2.24, 2.45) is 11.8 Å². The molecule has 22 heavy (non-hydrogen) atoms. The van der Waals surface area contributed by atoms with E-state index >= 15 is 0 Å². The first-order valence-corrected chi connectivity index (χ1v) is 7.93. The maximum Gasteiger partial charge on any atom is 0.407 e. The summed E-state index contributed by atoms with van der Waals surface area (Å²) in [5.74, 6) is 0.785. The summed E-state index contributed by atoms with van der Waals surface area (Å²) in [5, 5.41) is 18.2. The summed E-state index contributed by atoms with van der Waals surface area (Å²) in [6.07, 6.45) is 2.17. The molecule has 1 fully saturated rings. The van der Waals surface area contributed by atoms with E-state index in [1.54, 1.807) is 6.92 Å². The fourth-order valence-corrected chi connectivity index (χ4v) is 2.63. The average molecular weight is 338 g/mol. The predicted octanol–water partition coefficient (Wildman–Crippen LogP) is 3.56. The van der Waals surface area contributed by atoms with Gasteiger partial charge in [0.2, 0.25) is 0 Å². The van der Waals surface area contributed by atoms with E-state index in [2.05, 4.69) is 4.74 Å². The third-order valence-electron chi connectivity index (χ3n) is 3.65. The lowest BCUT2D eigenvalue weighted by Crippen LogP contribution is -2.47. The SMILES string of the molecule is CC(C)(C)N(C[C@@H]1CC[C@@H](CO)C1)C(=O)O.CCOC(=O)Cl. The van der Waals surface area contributed by atoms with E-state index in [1.165, 1.54) is 4.90 Å². The Morgan fingerprint density at radius 1 is 1.27 bits per heavy atom. The molecular formula is C15H28ClNO5. The van der Waals surface area contributed by atoms with Gasteiger partial charge in [-0.3, -0.25) is 0 Å². The zero-order valence-corrected chi connectivity index (χ0v) is 14.6. The Labute approximate surface area is 137 Å². The standard InChI is InChI=1S/C12H23NO3.C3H5ClO2/c1-12(2,3)13(11(15)16)7-9-4-5-10(6-9)8-14;1-2-6-3(4)5/h9-10,14H,4-8H2,1-3H3,(H,15,16);2H2,1H3/t9-,10-;/m1./s1. The van der Waals surface area contributed by atoms with E-state index in [0.717, 1.165) is 19.3 Å². The molecular weight excluding hydrogens is 310 g/mol. The number of carboxylic acid groups (broad SMARTS) is 1. The first kappa shape index (κ1) is 21.0. The molecule has 0 aliphatic heterocycles. The molecule has 2 atom stereocenters. The Morgan fingerprint density at radius 2 is 1.82 bits per heavy atom. The van der Waals surface area contributed by atoms with Crippen LogP contribution in [-0.4, -0.2) is 51.9 Å². The molecule has 0 saturated heterocycles. The summed E-state index contributed by atoms with van der Waals surface area (Å²) in [5.41, 5.74) is -1.08. The van der Waals surface area contributed by atoms with Gasteiger partial charge in [-0.1, -0.05) is 0 Å². The monoisotopic (exact) mass is 337 g/mol. The first-order valence-electron chi connectivity index (χ1n) is 7.55. The van der Waals surface area contributed by atoms with Gasteiger partial charge < -0.3 is 19.8 Å². The van der Waals surface area contributed by atoms with Crippen molar-refractivity contribution in [1.29, 1.82) is 0 Å². The normalized spacial score (nSPS) is 20.8. The fraction of sp³-hybridized carbons (Fsp3) is 0.867. The van der Waals surface area contributed by atoms with Crippen molar-refractivity contribution >= 4 is 23.1 Å². The van der Waals surface area contributed by atoms with Crippen molar-refractivity contribution in [3.63, 3.8) is 0 Å². The molecule has 1 rings (SSSR count). The number of aliphatic hydroxyl groups excluding tert-OH is 1. The highest BCUT2D eigenvalue weighted by molar-refractivity contribution is 6.61. The molecule has 0 heterocycles. The maximum absolute atomic E-state index is 11.2. The van der Waals surface area contributed by atoms with Gasteiger partial charge in [-0.05, 0) is 58.8 Å². The quantitative estimate of drug-likeness (QED) is 0.766. The van der Waals surface area contributed by atoms with Crippen molar-refractivity contribution in [2.75, 3.05) is 19.8 Å². The van der Waals surface area contributed by atoms with Crippen molar-refractivity contribution in [3.8, 4) is 0 Å². The van der Waals surface area contributed by atoms with Crippen LogP contribution in [-0.2, 0) is 4.74 Å². The minimum Gasteiger partial charge on any atom is -0.465 e. The highest BCUT2D eigenvalue weighted by Crippen LogP contribution is 2.32. The lowest BCUT2D eigenvalue weighted by Gasteiger charge is -2.35. The zero-order chi connectivity index (χ0) is 17.3. The zero-order valence-electron chi connectivity index (χ0n) is 13.8. The molecule has 0 aromatic carbocycles. The summed E-state index contributed by atoms with van der Waals surface area (Å²) in [7, 11) is 0. The van der Waals surface area contributed by atoms with Gasteiger partial charge in [-0.2, -0.15) is 0 Å². The lowest BCUT2D eigenvalue weighted by atomic mass is 10.0. The van der Waals surface area contributed by atoms with E-state index < -0.39 is 11.5 Å². The van der Waals surface area contributed by atoms with Crippen LogP contribution in [0, 0.1) is 11.8 Å². The Hall–Kier alpha value is -1.01. The molecule has 1 aliphatic rings. The van der Waals surface area contributed by atoms with Crippen molar-refractivity contribution in [2.45, 2.75) is 52.5 Å². The van der Waals surface area contributed by atoms with Crippen LogP contribution >= 0.6 is 11.6 Å². The smallest absolute Gasteiger partial charge is 0.407 e. The molecule has 130 valence electrons. The van der Waals surface area contributed by atoms with Gasteiger partial charge in [0.25, 0.3) is 0 Å². The number of hydrogen-bond acceptors (Lipinski definition) is 4. The molecule has 7 heteroatoms. The number of carbonyl (C=O) groups excluding carboxylic acids is 1. The molecule has 2 N–H and O–H groups in total. The molecule has 0 aromatic rings. The van der Waals surface area contributed by atoms with Gasteiger partial charge in [-0.15, -0.1) is 0 Å². The average Bonchev–Trinajstić information content (AvgIpc) is 2.82. The Kier molecular flexibility index (Phi) is 9.44. The predicted molar refractivity (Wildman–Crippen MR) is 85.3 cm³/mol. The number of hydrogen-bond donors (Lipinski definition) is 2. The second-order valence-corrected chi connectivity index (χ2v) is 6.77. The van der Waals surface area contributed by atoms with Gasteiger partial charge in [0, 0.05) is 30.3 Å². The highest BCUT2D eigenvalue weighted by Gasteiger charge is 2.32. The summed E-state index contributed by atoms with van der Waals surface area (Å²) >= 11 is 4.72. The molecule has 1 amide bonds. The molecule has 0 aromatic heterocycles. The van der Waals surface area contributed by atoms with E-state index in [-0.39, 0.29) is 12.1 Å². The van der Waals surface area contributed by atoms with E-state index in [9.17, 15) is 9.59 Å². The minimum atomic E-state index is -0.847. The molecule has 1 saturated carbocycles. The van der Waals surface area contributed by atoms with Crippen LogP contribution in [0.2, 0.25) is 0 Å². The van der Waals surface area contributed by atoms with Crippen molar-refractivity contribution < 1.29 is 24.5 Å². The summed E-state index contributed by atoms with van der Waals surface area (Å²) < 4.78 is 4.17. The topological polar surface area (TPSA) is 87.1 Å². The third-order valence-corrected chi connectivity index (χ3v) is 3.76. The van der Waals surface area contributed by atoms with Crippen LogP contribution in [0.1, 0.15) is 47.0 Å². The Bertz CT molecular complexity index is 356. The van der Waals surface area contributed by atoms with Gasteiger partial charge >= 0.3 is 11.5 Å². The van der Waals surface area contributed by atoms with Crippen molar-refractivity contribution in [1.82, 2.24) is 4.90 Å². The van der Waals surface area contributed by atoms with Crippen LogP contribution in [0.15, 0.2) is 0 Å². The van der Waals surface area contributed by atoms with Crippen LogP contribution in [0.25, 0.3) is 0 Å². The van der Waals surface area contributed by atoms with Gasteiger partial charge in [0.15, 0.2) is 0 Å². The molecule has 1 aliphatic carbocycles. The Balaban J connectivity index is 0.000000626. The van der Waals surface area contributed by atoms with E-state index in [4.69, 9.17) is 21.8 Å².